The highest BCUT2D eigenvalue weighted by Gasteiger charge is 2.11. The topological polar surface area (TPSA) is 49.3 Å². The summed E-state index contributed by atoms with van der Waals surface area (Å²) >= 11 is 0. The van der Waals surface area contributed by atoms with Crippen LogP contribution in [0.25, 0.3) is 0 Å². The molecule has 1 rings (SSSR count). The molecule has 15 heavy (non-hydrogen) atoms. The number of hydrogen-bond acceptors (Lipinski definition) is 2. The normalized spacial score (nSPS) is 12.2. The van der Waals surface area contributed by atoms with Gasteiger partial charge in [-0.25, -0.2) is 8.78 Å². The fourth-order valence-electron chi connectivity index (χ4n) is 0.983. The lowest BCUT2D eigenvalue weighted by Gasteiger charge is -2.10. The lowest BCUT2D eigenvalue weighted by Crippen LogP contribution is -2.20. The summed E-state index contributed by atoms with van der Waals surface area (Å²) in [7, 11) is 0. The highest BCUT2D eigenvalue weighted by Crippen LogP contribution is 2.15. The Hall–Kier alpha value is -1.65. The molecule has 1 unspecified atom stereocenters. The predicted octanol–water partition coefficient (Wildman–Crippen LogP) is 2.10. The standard InChI is InChI=1S/C10H11F2NO2/c1-6(10(14)15)5-13-9-3-2-7(11)4-8(9)12/h2-4,6,13H,5H2,1H3,(H,14,15). The van der Waals surface area contributed by atoms with Crippen molar-refractivity contribution < 1.29 is 18.7 Å². The molecule has 0 saturated heterocycles. The first-order chi connectivity index (χ1) is 7.00. The van der Waals surface area contributed by atoms with Crippen LogP contribution < -0.4 is 5.32 Å². The molecule has 0 heterocycles. The van der Waals surface area contributed by atoms with Crippen LogP contribution >= 0.6 is 0 Å². The Morgan fingerprint density at radius 2 is 2.20 bits per heavy atom. The Bertz CT molecular complexity index is 368. The van der Waals surface area contributed by atoms with Crippen molar-refractivity contribution in [3.05, 3.63) is 29.8 Å². The number of rotatable bonds is 4. The Morgan fingerprint density at radius 3 is 2.73 bits per heavy atom. The zero-order valence-corrected chi connectivity index (χ0v) is 8.13. The van der Waals surface area contributed by atoms with E-state index in [1.165, 1.54) is 13.0 Å². The summed E-state index contributed by atoms with van der Waals surface area (Å²) in [5.41, 5.74) is 0.101. The van der Waals surface area contributed by atoms with Crippen molar-refractivity contribution in [3.63, 3.8) is 0 Å². The first-order valence-corrected chi connectivity index (χ1v) is 4.42. The van der Waals surface area contributed by atoms with Crippen LogP contribution in [0.1, 0.15) is 6.92 Å². The van der Waals surface area contributed by atoms with Gasteiger partial charge in [-0.15, -0.1) is 0 Å². The Morgan fingerprint density at radius 1 is 1.53 bits per heavy atom. The van der Waals surface area contributed by atoms with Crippen molar-refractivity contribution in [1.82, 2.24) is 0 Å². The van der Waals surface area contributed by atoms with Gasteiger partial charge in [-0.2, -0.15) is 0 Å². The van der Waals surface area contributed by atoms with Gasteiger partial charge in [-0.05, 0) is 12.1 Å². The van der Waals surface area contributed by atoms with E-state index in [0.29, 0.717) is 0 Å². The van der Waals surface area contributed by atoms with Crippen molar-refractivity contribution in [2.24, 2.45) is 5.92 Å². The lowest BCUT2D eigenvalue weighted by atomic mass is 10.2. The summed E-state index contributed by atoms with van der Waals surface area (Å²) in [4.78, 5) is 10.5. The van der Waals surface area contributed by atoms with E-state index in [0.717, 1.165) is 12.1 Å². The first kappa shape index (κ1) is 11.4. The van der Waals surface area contributed by atoms with Crippen molar-refractivity contribution in [3.8, 4) is 0 Å². The highest BCUT2D eigenvalue weighted by atomic mass is 19.1. The minimum Gasteiger partial charge on any atom is -0.481 e. The van der Waals surface area contributed by atoms with E-state index in [1.807, 2.05) is 0 Å². The number of benzene rings is 1. The number of carbonyl (C=O) groups is 1. The molecular formula is C10H11F2NO2. The van der Waals surface area contributed by atoms with Gasteiger partial charge >= 0.3 is 5.97 Å². The second kappa shape index (κ2) is 4.72. The van der Waals surface area contributed by atoms with E-state index in [4.69, 9.17) is 5.11 Å². The minimum absolute atomic E-state index is 0.0951. The summed E-state index contributed by atoms with van der Waals surface area (Å²) in [6.07, 6.45) is 0. The summed E-state index contributed by atoms with van der Waals surface area (Å²) in [5.74, 6) is -2.99. The van der Waals surface area contributed by atoms with Crippen molar-refractivity contribution in [2.75, 3.05) is 11.9 Å². The summed E-state index contributed by atoms with van der Waals surface area (Å²) < 4.78 is 25.6. The van der Waals surface area contributed by atoms with E-state index in [-0.39, 0.29) is 12.2 Å². The van der Waals surface area contributed by atoms with E-state index in [1.54, 1.807) is 0 Å². The second-order valence-corrected chi connectivity index (χ2v) is 3.24. The van der Waals surface area contributed by atoms with Gasteiger partial charge in [-0.1, -0.05) is 6.92 Å². The molecule has 2 N–H and O–H groups in total. The molecule has 0 bridgehead atoms. The van der Waals surface area contributed by atoms with E-state index >= 15 is 0 Å². The maximum atomic E-state index is 13.1. The fraction of sp³-hybridized carbons (Fsp3) is 0.300. The highest BCUT2D eigenvalue weighted by molar-refractivity contribution is 5.70. The number of nitrogens with one attached hydrogen (secondary N) is 1. The molecule has 3 nitrogen and oxygen atoms in total. The molecule has 0 saturated carbocycles. The number of halogens is 2. The van der Waals surface area contributed by atoms with E-state index in [2.05, 4.69) is 5.32 Å². The third-order valence-electron chi connectivity index (χ3n) is 1.95. The van der Waals surface area contributed by atoms with Gasteiger partial charge < -0.3 is 10.4 Å². The average Bonchev–Trinajstić information content (AvgIpc) is 2.15. The van der Waals surface area contributed by atoms with Gasteiger partial charge in [0.1, 0.15) is 11.6 Å². The van der Waals surface area contributed by atoms with Crippen LogP contribution in [0.3, 0.4) is 0 Å². The SMILES string of the molecule is CC(CNc1ccc(F)cc1F)C(=O)O. The van der Waals surface area contributed by atoms with Gasteiger partial charge in [0.25, 0.3) is 0 Å². The maximum Gasteiger partial charge on any atom is 0.308 e. The monoisotopic (exact) mass is 215 g/mol. The minimum atomic E-state index is -0.968. The van der Waals surface area contributed by atoms with E-state index in [9.17, 15) is 13.6 Å². The molecule has 1 atom stereocenters. The number of carboxylic acid groups (broad SMARTS) is 1. The molecule has 82 valence electrons. The average molecular weight is 215 g/mol. The van der Waals surface area contributed by atoms with Crippen molar-refractivity contribution in [2.45, 2.75) is 6.92 Å². The first-order valence-electron chi connectivity index (χ1n) is 4.42. The summed E-state index contributed by atoms with van der Waals surface area (Å²) in [6, 6.07) is 3.09. The molecule has 0 radical (unpaired) electrons. The van der Waals surface area contributed by atoms with Crippen LogP contribution in [-0.2, 0) is 4.79 Å². The smallest absolute Gasteiger partial charge is 0.308 e. The van der Waals surface area contributed by atoms with Gasteiger partial charge in [0.05, 0.1) is 11.6 Å². The zero-order valence-electron chi connectivity index (χ0n) is 8.13. The largest absolute Gasteiger partial charge is 0.481 e. The van der Waals surface area contributed by atoms with Gasteiger partial charge in [0.2, 0.25) is 0 Å². The van der Waals surface area contributed by atoms with Crippen LogP contribution in [0.15, 0.2) is 18.2 Å². The Kier molecular flexibility index (Phi) is 3.60. The predicted molar refractivity (Wildman–Crippen MR) is 51.6 cm³/mol. The van der Waals surface area contributed by atoms with Crippen LogP contribution in [0, 0.1) is 17.6 Å². The van der Waals surface area contributed by atoms with Crippen LogP contribution in [0.2, 0.25) is 0 Å². The Balaban J connectivity index is 2.62. The van der Waals surface area contributed by atoms with E-state index < -0.39 is 23.5 Å². The third kappa shape index (κ3) is 3.19. The molecule has 5 heteroatoms. The molecule has 0 fully saturated rings. The summed E-state index contributed by atoms with van der Waals surface area (Å²) in [5, 5.41) is 11.2. The lowest BCUT2D eigenvalue weighted by molar-refractivity contribution is -0.140. The fourth-order valence-corrected chi connectivity index (χ4v) is 0.983. The molecule has 0 amide bonds. The van der Waals surface area contributed by atoms with Gasteiger partial charge in [0.15, 0.2) is 0 Å². The van der Waals surface area contributed by atoms with Crippen LogP contribution in [-0.4, -0.2) is 17.6 Å². The molecule has 0 aliphatic carbocycles. The molecule has 0 aliphatic rings. The number of carboxylic acids is 1. The molecule has 1 aromatic rings. The van der Waals surface area contributed by atoms with Crippen LogP contribution in [0.5, 0.6) is 0 Å². The molecule has 0 aromatic heterocycles. The second-order valence-electron chi connectivity index (χ2n) is 3.24. The van der Waals surface area contributed by atoms with Crippen molar-refractivity contribution >= 4 is 11.7 Å². The van der Waals surface area contributed by atoms with Crippen molar-refractivity contribution in [1.29, 1.82) is 0 Å². The molecular weight excluding hydrogens is 204 g/mol. The maximum absolute atomic E-state index is 13.1. The number of anilines is 1. The summed E-state index contributed by atoms with van der Waals surface area (Å²) in [6.45, 7) is 1.59. The number of hydrogen-bond donors (Lipinski definition) is 2. The number of aliphatic carboxylic acids is 1. The third-order valence-corrected chi connectivity index (χ3v) is 1.95. The molecule has 0 aliphatic heterocycles. The van der Waals surface area contributed by atoms with Crippen LogP contribution in [0.4, 0.5) is 14.5 Å². The Labute approximate surface area is 85.7 Å². The molecule has 1 aromatic carbocycles. The quantitative estimate of drug-likeness (QED) is 0.808. The van der Waals surface area contributed by atoms with Gasteiger partial charge in [-0.3, -0.25) is 4.79 Å². The zero-order chi connectivity index (χ0) is 11.4. The van der Waals surface area contributed by atoms with Gasteiger partial charge in [0, 0.05) is 12.6 Å². The molecule has 0 spiro atoms.